The second-order valence-electron chi connectivity index (χ2n) is 4.82. The molecule has 0 spiro atoms. The van der Waals surface area contributed by atoms with Gasteiger partial charge in [-0.25, -0.2) is 0 Å². The molecule has 0 bridgehead atoms. The van der Waals surface area contributed by atoms with E-state index in [9.17, 15) is 12.9 Å². The van der Waals surface area contributed by atoms with Gasteiger partial charge in [-0.3, -0.25) is 0 Å². The molecule has 1 atom stereocenters. The lowest BCUT2D eigenvalue weighted by Crippen LogP contribution is -2.36. The van der Waals surface area contributed by atoms with Gasteiger partial charge >= 0.3 is 6.98 Å². The summed E-state index contributed by atoms with van der Waals surface area (Å²) in [5, 5.41) is 0. The topological polar surface area (TPSA) is 9.23 Å². The van der Waals surface area contributed by atoms with E-state index in [1.54, 1.807) is 13.0 Å². The molecular weight excluding hydrogens is 240 g/mol. The summed E-state index contributed by atoms with van der Waals surface area (Å²) in [6.07, 6.45) is 1.97. The molecule has 0 saturated carbocycles. The third kappa shape index (κ3) is 4.28. The van der Waals surface area contributed by atoms with Crippen molar-refractivity contribution in [3.63, 3.8) is 0 Å². The van der Waals surface area contributed by atoms with E-state index in [2.05, 4.69) is 0 Å². The van der Waals surface area contributed by atoms with Crippen LogP contribution in [-0.2, 0) is 0 Å². The molecule has 0 aliphatic carbocycles. The van der Waals surface area contributed by atoms with Gasteiger partial charge in [0.1, 0.15) is 0 Å². The molecule has 1 unspecified atom stereocenters. The fraction of sp³-hybridized carbons (Fsp3) is 0.538. The average molecular weight is 259 g/mol. The van der Waals surface area contributed by atoms with E-state index in [1.807, 2.05) is 13.8 Å². The number of aryl methyl sites for hydroxylation is 1. The third-order valence-corrected chi connectivity index (χ3v) is 2.82. The summed E-state index contributed by atoms with van der Waals surface area (Å²) >= 11 is 0. The minimum atomic E-state index is -5.02. The van der Waals surface area contributed by atoms with Crippen LogP contribution in [0.15, 0.2) is 18.2 Å². The fourth-order valence-electron chi connectivity index (χ4n) is 1.86. The summed E-state index contributed by atoms with van der Waals surface area (Å²) in [4.78, 5) is 0. The normalized spacial score (nSPS) is 13.4. The zero-order valence-corrected chi connectivity index (χ0v) is 11.1. The molecule has 0 N–H and O–H groups in total. The standard InChI is InChI=1S/C13H19BF3O/c1-4-5-11(3)9-18-13-7-6-10(2)8-12(13)14(15,16)17/h6-8,11H,4-5,9H2,1-3H3/q-1. The van der Waals surface area contributed by atoms with Crippen LogP contribution in [0.2, 0.25) is 0 Å². The van der Waals surface area contributed by atoms with E-state index in [-0.39, 0.29) is 11.7 Å². The zero-order chi connectivity index (χ0) is 13.8. The molecule has 18 heavy (non-hydrogen) atoms. The Hall–Kier alpha value is -1.13. The minimum Gasteiger partial charge on any atom is -0.496 e. The number of halogens is 3. The SMILES string of the molecule is CCCC(C)COc1ccc(C)cc1[B-](F)(F)F. The molecule has 0 radical (unpaired) electrons. The van der Waals surface area contributed by atoms with Crippen molar-refractivity contribution in [3.8, 4) is 5.75 Å². The highest BCUT2D eigenvalue weighted by atomic mass is 19.4. The lowest BCUT2D eigenvalue weighted by Gasteiger charge is -2.21. The molecule has 1 aromatic carbocycles. The van der Waals surface area contributed by atoms with Gasteiger partial charge in [0, 0.05) is 0 Å². The molecule has 1 rings (SSSR count). The molecule has 0 amide bonds. The van der Waals surface area contributed by atoms with E-state index >= 15 is 0 Å². The van der Waals surface area contributed by atoms with Gasteiger partial charge in [-0.05, 0) is 25.3 Å². The van der Waals surface area contributed by atoms with Gasteiger partial charge in [-0.1, -0.05) is 43.4 Å². The molecule has 1 nitrogen and oxygen atoms in total. The largest absolute Gasteiger partial charge is 0.513 e. The summed E-state index contributed by atoms with van der Waals surface area (Å²) in [7, 11) is 0. The van der Waals surface area contributed by atoms with Gasteiger partial charge < -0.3 is 17.7 Å². The molecular formula is C13H19BF3O-. The molecule has 102 valence electrons. The Bertz CT molecular complexity index is 390. The molecule has 0 heterocycles. The Morgan fingerprint density at radius 3 is 2.50 bits per heavy atom. The minimum absolute atomic E-state index is 0.0453. The van der Waals surface area contributed by atoms with Gasteiger partial charge in [-0.15, -0.1) is 0 Å². The molecule has 0 aromatic heterocycles. The van der Waals surface area contributed by atoms with Crippen LogP contribution in [0.1, 0.15) is 32.3 Å². The van der Waals surface area contributed by atoms with Crippen LogP contribution in [0.5, 0.6) is 5.75 Å². The summed E-state index contributed by atoms with van der Waals surface area (Å²) in [6, 6.07) is 4.21. The van der Waals surface area contributed by atoms with Gasteiger partial charge in [0.05, 0.1) is 12.4 Å². The van der Waals surface area contributed by atoms with Crippen molar-refractivity contribution in [2.75, 3.05) is 6.61 Å². The van der Waals surface area contributed by atoms with Gasteiger partial charge in [0.25, 0.3) is 0 Å². The number of benzene rings is 1. The van der Waals surface area contributed by atoms with E-state index < -0.39 is 12.4 Å². The van der Waals surface area contributed by atoms with E-state index in [0.29, 0.717) is 12.2 Å². The molecule has 0 fully saturated rings. The lowest BCUT2D eigenvalue weighted by molar-refractivity contribution is 0.252. The summed E-state index contributed by atoms with van der Waals surface area (Å²) < 4.78 is 44.0. The first-order valence-corrected chi connectivity index (χ1v) is 6.28. The van der Waals surface area contributed by atoms with Crippen LogP contribution < -0.4 is 10.2 Å². The molecule has 0 saturated heterocycles. The van der Waals surface area contributed by atoms with Crippen LogP contribution >= 0.6 is 0 Å². The monoisotopic (exact) mass is 259 g/mol. The Morgan fingerprint density at radius 2 is 1.94 bits per heavy atom. The van der Waals surface area contributed by atoms with Crippen LogP contribution in [0.25, 0.3) is 0 Å². The van der Waals surface area contributed by atoms with Crippen molar-refractivity contribution < 1.29 is 17.7 Å². The smallest absolute Gasteiger partial charge is 0.496 e. The first-order chi connectivity index (χ1) is 8.34. The predicted octanol–water partition coefficient (Wildman–Crippen LogP) is 3.86. The average Bonchev–Trinajstić information content (AvgIpc) is 2.26. The molecule has 0 aliphatic heterocycles. The molecule has 5 heteroatoms. The van der Waals surface area contributed by atoms with Crippen molar-refractivity contribution in [2.45, 2.75) is 33.6 Å². The maximum absolute atomic E-state index is 12.9. The number of ether oxygens (including phenoxy) is 1. The maximum atomic E-state index is 12.9. The maximum Gasteiger partial charge on any atom is 0.513 e. The zero-order valence-electron chi connectivity index (χ0n) is 11.1. The van der Waals surface area contributed by atoms with E-state index in [1.165, 1.54) is 6.07 Å². The van der Waals surface area contributed by atoms with Crippen LogP contribution in [0.3, 0.4) is 0 Å². The number of hydrogen-bond acceptors (Lipinski definition) is 1. The number of hydrogen-bond donors (Lipinski definition) is 0. The van der Waals surface area contributed by atoms with Crippen molar-refractivity contribution in [1.82, 2.24) is 0 Å². The first-order valence-electron chi connectivity index (χ1n) is 6.28. The van der Waals surface area contributed by atoms with Crippen molar-refractivity contribution in [1.29, 1.82) is 0 Å². The Labute approximate surface area is 106 Å². The molecule has 0 aliphatic rings. The van der Waals surface area contributed by atoms with Gasteiger partial charge in [-0.2, -0.15) is 0 Å². The summed E-state index contributed by atoms with van der Waals surface area (Å²) in [5.74, 6) is 0.223. The van der Waals surface area contributed by atoms with Crippen LogP contribution in [-0.4, -0.2) is 13.6 Å². The van der Waals surface area contributed by atoms with E-state index in [0.717, 1.165) is 18.9 Å². The highest BCUT2D eigenvalue weighted by molar-refractivity contribution is 6.74. The predicted molar refractivity (Wildman–Crippen MR) is 69.5 cm³/mol. The second kappa shape index (κ2) is 6.16. The van der Waals surface area contributed by atoms with Crippen molar-refractivity contribution in [2.24, 2.45) is 5.92 Å². The van der Waals surface area contributed by atoms with E-state index in [4.69, 9.17) is 4.74 Å². The van der Waals surface area contributed by atoms with Crippen LogP contribution in [0.4, 0.5) is 12.9 Å². The van der Waals surface area contributed by atoms with Crippen LogP contribution in [0, 0.1) is 12.8 Å². The summed E-state index contributed by atoms with van der Waals surface area (Å²) in [5.41, 5.74) is -0.0307. The molecule has 1 aromatic rings. The van der Waals surface area contributed by atoms with Gasteiger partial charge in [0.2, 0.25) is 0 Å². The number of rotatable bonds is 6. The second-order valence-corrected chi connectivity index (χ2v) is 4.82. The van der Waals surface area contributed by atoms with Crippen molar-refractivity contribution >= 4 is 12.4 Å². The van der Waals surface area contributed by atoms with Crippen molar-refractivity contribution in [3.05, 3.63) is 23.8 Å². The highest BCUT2D eigenvalue weighted by Gasteiger charge is 2.29. The Morgan fingerprint density at radius 1 is 1.28 bits per heavy atom. The quantitative estimate of drug-likeness (QED) is 0.705. The Balaban J connectivity index is 2.82. The highest BCUT2D eigenvalue weighted by Crippen LogP contribution is 2.20. The van der Waals surface area contributed by atoms with Gasteiger partial charge in [0.15, 0.2) is 0 Å². The first kappa shape index (κ1) is 14.9. The fourth-order valence-corrected chi connectivity index (χ4v) is 1.86. The lowest BCUT2D eigenvalue weighted by atomic mass is 9.78. The third-order valence-electron chi connectivity index (χ3n) is 2.82. The summed E-state index contributed by atoms with van der Waals surface area (Å²) in [6.45, 7) is 0.985. The Kier molecular flexibility index (Phi) is 5.11.